The standard InChI is InChI=1S/C26H26O7/c1-5-17-18(13-10-14-21(17)33-22(27)6-2)20-15-19(23(28)16-11-8-7-9-12-16)24(29)25(30)26(20,31-3)32-4/h6-15,25,28,30H,2,5H2,1,3-4H3. The number of ketones is 1. The highest BCUT2D eigenvalue weighted by atomic mass is 16.7. The van der Waals surface area contributed by atoms with Gasteiger partial charge in [-0.05, 0) is 24.1 Å². The maximum Gasteiger partial charge on any atom is 0.335 e. The van der Waals surface area contributed by atoms with Crippen molar-refractivity contribution in [2.45, 2.75) is 25.2 Å². The van der Waals surface area contributed by atoms with Crippen molar-refractivity contribution >= 4 is 23.1 Å². The van der Waals surface area contributed by atoms with E-state index < -0.39 is 23.6 Å². The van der Waals surface area contributed by atoms with Crippen molar-refractivity contribution in [3.8, 4) is 5.75 Å². The van der Waals surface area contributed by atoms with Gasteiger partial charge in [-0.25, -0.2) is 4.79 Å². The van der Waals surface area contributed by atoms with Crippen LogP contribution in [-0.2, 0) is 25.5 Å². The fraction of sp³-hybridized carbons (Fsp3) is 0.231. The summed E-state index contributed by atoms with van der Waals surface area (Å²) in [6, 6.07) is 13.6. The highest BCUT2D eigenvalue weighted by molar-refractivity contribution is 6.12. The lowest BCUT2D eigenvalue weighted by molar-refractivity contribution is -0.216. The smallest absolute Gasteiger partial charge is 0.335 e. The van der Waals surface area contributed by atoms with Gasteiger partial charge in [0.1, 0.15) is 11.5 Å². The van der Waals surface area contributed by atoms with Gasteiger partial charge in [0.05, 0.1) is 5.57 Å². The minimum atomic E-state index is -1.84. The number of carbonyl (C=O) groups is 2. The lowest BCUT2D eigenvalue weighted by atomic mass is 9.79. The third-order valence-corrected chi connectivity index (χ3v) is 5.60. The van der Waals surface area contributed by atoms with Crippen molar-refractivity contribution in [3.63, 3.8) is 0 Å². The highest BCUT2D eigenvalue weighted by Gasteiger charge is 2.51. The van der Waals surface area contributed by atoms with E-state index in [-0.39, 0.29) is 11.3 Å². The molecule has 0 bridgehead atoms. The molecule has 0 amide bonds. The van der Waals surface area contributed by atoms with E-state index in [1.807, 2.05) is 6.92 Å². The number of allylic oxidation sites excluding steroid dienone is 1. The molecule has 7 heteroatoms. The van der Waals surface area contributed by atoms with E-state index in [4.69, 9.17) is 14.2 Å². The monoisotopic (exact) mass is 450 g/mol. The Balaban J connectivity index is 2.33. The van der Waals surface area contributed by atoms with Crippen molar-refractivity contribution in [3.05, 3.63) is 89.5 Å². The Kier molecular flexibility index (Phi) is 7.28. The van der Waals surface area contributed by atoms with Crippen LogP contribution in [0.1, 0.15) is 23.6 Å². The second-order valence-corrected chi connectivity index (χ2v) is 7.29. The first-order valence-corrected chi connectivity index (χ1v) is 10.3. The second-order valence-electron chi connectivity index (χ2n) is 7.29. The van der Waals surface area contributed by atoms with Crippen molar-refractivity contribution in [2.75, 3.05) is 14.2 Å². The van der Waals surface area contributed by atoms with Gasteiger partial charge in [-0.1, -0.05) is 56.0 Å². The third-order valence-electron chi connectivity index (χ3n) is 5.60. The maximum atomic E-state index is 13.1. The molecule has 1 unspecified atom stereocenters. The van der Waals surface area contributed by atoms with Crippen LogP contribution in [-0.4, -0.2) is 48.1 Å². The summed E-state index contributed by atoms with van der Waals surface area (Å²) >= 11 is 0. The summed E-state index contributed by atoms with van der Waals surface area (Å²) in [6.45, 7) is 5.29. The number of carbonyl (C=O) groups excluding carboxylic acids is 2. The SMILES string of the molecule is C=CC(=O)Oc1cccc(C2=CC(=C(O)c3ccccc3)C(=O)C(O)C2(OC)OC)c1CC. The molecule has 2 aromatic carbocycles. The summed E-state index contributed by atoms with van der Waals surface area (Å²) in [5, 5.41) is 21.9. The molecule has 0 fully saturated rings. The zero-order chi connectivity index (χ0) is 24.2. The molecule has 0 saturated carbocycles. The number of aliphatic hydroxyl groups excluding tert-OH is 2. The predicted octanol–water partition coefficient (Wildman–Crippen LogP) is 3.63. The van der Waals surface area contributed by atoms with Gasteiger partial charge >= 0.3 is 5.97 Å². The Hall–Kier alpha value is -3.52. The number of Topliss-reactive ketones (excluding diaryl/α,β-unsaturated/α-hetero) is 1. The first-order valence-electron chi connectivity index (χ1n) is 10.3. The molecular formula is C26H26O7. The molecule has 0 saturated heterocycles. The van der Waals surface area contributed by atoms with E-state index in [2.05, 4.69) is 6.58 Å². The van der Waals surface area contributed by atoms with Crippen molar-refractivity contribution in [1.82, 2.24) is 0 Å². The van der Waals surface area contributed by atoms with Crippen LogP contribution < -0.4 is 4.74 Å². The topological polar surface area (TPSA) is 102 Å². The highest BCUT2D eigenvalue weighted by Crippen LogP contribution is 2.43. The minimum absolute atomic E-state index is 0.0935. The number of hydrogen-bond acceptors (Lipinski definition) is 7. The fourth-order valence-corrected chi connectivity index (χ4v) is 3.94. The molecule has 7 nitrogen and oxygen atoms in total. The summed E-state index contributed by atoms with van der Waals surface area (Å²) < 4.78 is 16.5. The van der Waals surface area contributed by atoms with Crippen molar-refractivity contribution in [1.29, 1.82) is 0 Å². The molecule has 3 rings (SSSR count). The Bertz CT molecular complexity index is 1120. The summed E-state index contributed by atoms with van der Waals surface area (Å²) in [4.78, 5) is 24.9. The number of aliphatic hydroxyl groups is 2. The molecule has 1 aliphatic rings. The summed E-state index contributed by atoms with van der Waals surface area (Å²) in [5.74, 6) is -3.21. The molecule has 0 heterocycles. The van der Waals surface area contributed by atoms with Crippen molar-refractivity contribution in [2.24, 2.45) is 0 Å². The normalized spacial score (nSPS) is 19.0. The van der Waals surface area contributed by atoms with Crippen molar-refractivity contribution < 1.29 is 34.0 Å². The summed E-state index contributed by atoms with van der Waals surface area (Å²) in [7, 11) is 2.62. The third kappa shape index (κ3) is 4.26. The van der Waals surface area contributed by atoms with Gasteiger partial charge < -0.3 is 24.4 Å². The number of rotatable bonds is 7. The fourth-order valence-electron chi connectivity index (χ4n) is 3.94. The van der Waals surface area contributed by atoms with E-state index in [1.165, 1.54) is 20.3 Å². The summed E-state index contributed by atoms with van der Waals surface area (Å²) in [5.41, 5.74) is 1.77. The quantitative estimate of drug-likeness (QED) is 0.218. The number of methoxy groups -OCH3 is 2. The molecule has 0 radical (unpaired) electrons. The van der Waals surface area contributed by atoms with Crippen LogP contribution in [0.15, 0.2) is 72.8 Å². The van der Waals surface area contributed by atoms with E-state index in [0.717, 1.165) is 6.08 Å². The molecular weight excluding hydrogens is 424 g/mol. The lowest BCUT2D eigenvalue weighted by Gasteiger charge is -2.40. The largest absolute Gasteiger partial charge is 0.507 e. The van der Waals surface area contributed by atoms with Crippen LogP contribution in [0.2, 0.25) is 0 Å². The summed E-state index contributed by atoms with van der Waals surface area (Å²) in [6.07, 6.45) is 1.18. The first-order chi connectivity index (χ1) is 15.8. The van der Waals surface area contributed by atoms with Gasteiger partial charge in [-0.2, -0.15) is 0 Å². The lowest BCUT2D eigenvalue weighted by Crippen LogP contribution is -2.53. The average molecular weight is 450 g/mol. The molecule has 0 spiro atoms. The van der Waals surface area contributed by atoms with Gasteiger partial charge in [0.2, 0.25) is 11.6 Å². The predicted molar refractivity (Wildman–Crippen MR) is 123 cm³/mol. The number of esters is 1. The Morgan fingerprint density at radius 3 is 2.36 bits per heavy atom. The van der Waals surface area contributed by atoms with E-state index in [1.54, 1.807) is 48.5 Å². The molecule has 1 aliphatic carbocycles. The van der Waals surface area contributed by atoms with Crippen LogP contribution in [0.3, 0.4) is 0 Å². The second kappa shape index (κ2) is 9.95. The number of benzene rings is 2. The maximum absolute atomic E-state index is 13.1. The van der Waals surface area contributed by atoms with Gasteiger partial charge in [-0.3, -0.25) is 4.79 Å². The van der Waals surface area contributed by atoms with E-state index in [9.17, 15) is 19.8 Å². The van der Waals surface area contributed by atoms with Crippen LogP contribution in [0.25, 0.3) is 11.3 Å². The zero-order valence-electron chi connectivity index (χ0n) is 18.7. The Morgan fingerprint density at radius 1 is 1.12 bits per heavy atom. The molecule has 0 aliphatic heterocycles. The van der Waals surface area contributed by atoms with E-state index in [0.29, 0.717) is 34.4 Å². The van der Waals surface area contributed by atoms with Gasteiger partial charge in [-0.15, -0.1) is 0 Å². The zero-order valence-corrected chi connectivity index (χ0v) is 18.7. The average Bonchev–Trinajstić information content (AvgIpc) is 2.85. The molecule has 2 aromatic rings. The van der Waals surface area contributed by atoms with Gasteiger partial charge in [0.25, 0.3) is 0 Å². The van der Waals surface area contributed by atoms with Crippen LogP contribution in [0.4, 0.5) is 0 Å². The van der Waals surface area contributed by atoms with Gasteiger partial charge in [0, 0.05) is 37.0 Å². The first kappa shape index (κ1) is 24.1. The minimum Gasteiger partial charge on any atom is -0.507 e. The number of hydrogen-bond donors (Lipinski definition) is 2. The van der Waals surface area contributed by atoms with Gasteiger partial charge in [0.15, 0.2) is 6.10 Å². The Morgan fingerprint density at radius 2 is 1.79 bits per heavy atom. The van der Waals surface area contributed by atoms with Crippen LogP contribution >= 0.6 is 0 Å². The molecule has 2 N–H and O–H groups in total. The molecule has 1 atom stereocenters. The van der Waals surface area contributed by atoms with Crippen LogP contribution in [0, 0.1) is 0 Å². The van der Waals surface area contributed by atoms with E-state index >= 15 is 0 Å². The molecule has 0 aromatic heterocycles. The Labute approximate surface area is 192 Å². The molecule has 172 valence electrons. The number of ether oxygens (including phenoxy) is 3. The molecule has 33 heavy (non-hydrogen) atoms. The van der Waals surface area contributed by atoms with Crippen LogP contribution in [0.5, 0.6) is 5.75 Å².